The van der Waals surface area contributed by atoms with Gasteiger partial charge in [0.25, 0.3) is 10.0 Å². The third kappa shape index (κ3) is 8.50. The van der Waals surface area contributed by atoms with Crippen molar-refractivity contribution in [2.45, 2.75) is 44.7 Å². The molecule has 2 amide bonds. The molecule has 1 N–H and O–H groups in total. The second-order valence-corrected chi connectivity index (χ2v) is 13.4. The number of hydrogen-bond donors (Lipinski definition) is 1. The molecule has 1 unspecified atom stereocenters. The Morgan fingerprint density at radius 1 is 0.909 bits per heavy atom. The van der Waals surface area contributed by atoms with Crippen LogP contribution in [-0.2, 0) is 26.2 Å². The molecule has 0 aliphatic carbocycles. The molecule has 0 bridgehead atoms. The van der Waals surface area contributed by atoms with E-state index in [0.29, 0.717) is 32.9 Å². The zero-order chi connectivity index (χ0) is 32.6. The van der Waals surface area contributed by atoms with E-state index in [0.717, 1.165) is 4.31 Å². The third-order valence-electron chi connectivity index (χ3n) is 6.80. The van der Waals surface area contributed by atoms with Crippen LogP contribution in [0.5, 0.6) is 11.5 Å². The van der Waals surface area contributed by atoms with Gasteiger partial charge in [0.2, 0.25) is 11.8 Å². The summed E-state index contributed by atoms with van der Waals surface area (Å²) >= 11 is 19.0. The van der Waals surface area contributed by atoms with Gasteiger partial charge in [0.15, 0.2) is 11.5 Å². The van der Waals surface area contributed by atoms with Crippen LogP contribution < -0.4 is 19.1 Å². The maximum atomic E-state index is 14.2. The average molecular weight is 685 g/mol. The first-order valence-corrected chi connectivity index (χ1v) is 16.4. The molecule has 1 atom stereocenters. The van der Waals surface area contributed by atoms with Crippen molar-refractivity contribution < 1.29 is 27.5 Å². The Morgan fingerprint density at radius 3 is 2.07 bits per heavy atom. The SMILES string of the molecule is CCC(C(=O)NCC(C)C)N(Cc1c(Cl)cccc1Cl)C(=O)CN(c1ccc(Cl)cc1)S(=O)(=O)c1ccc(OC)c(OC)c1. The van der Waals surface area contributed by atoms with E-state index >= 15 is 0 Å². The Labute approximate surface area is 274 Å². The lowest BCUT2D eigenvalue weighted by atomic mass is 10.1. The van der Waals surface area contributed by atoms with Gasteiger partial charge in [-0.1, -0.05) is 61.6 Å². The summed E-state index contributed by atoms with van der Waals surface area (Å²) in [6.07, 6.45) is 0.251. The summed E-state index contributed by atoms with van der Waals surface area (Å²) < 4.78 is 39.9. The van der Waals surface area contributed by atoms with Gasteiger partial charge in [0.1, 0.15) is 12.6 Å². The molecule has 0 aromatic heterocycles. The van der Waals surface area contributed by atoms with Crippen molar-refractivity contribution in [3.8, 4) is 11.5 Å². The van der Waals surface area contributed by atoms with Gasteiger partial charge in [-0.05, 0) is 60.9 Å². The molecule has 44 heavy (non-hydrogen) atoms. The predicted octanol–water partition coefficient (Wildman–Crippen LogP) is 6.44. The minimum Gasteiger partial charge on any atom is -0.493 e. The fourth-order valence-electron chi connectivity index (χ4n) is 4.44. The number of halogens is 3. The molecular weight excluding hydrogens is 649 g/mol. The second-order valence-electron chi connectivity index (χ2n) is 10.3. The van der Waals surface area contributed by atoms with Crippen molar-refractivity contribution >= 4 is 62.3 Å². The van der Waals surface area contributed by atoms with E-state index in [4.69, 9.17) is 44.3 Å². The summed E-state index contributed by atoms with van der Waals surface area (Å²) in [7, 11) is -1.53. The number of ether oxygens (including phenoxy) is 2. The van der Waals surface area contributed by atoms with Crippen LogP contribution in [0.25, 0.3) is 0 Å². The number of nitrogens with one attached hydrogen (secondary N) is 1. The van der Waals surface area contributed by atoms with E-state index in [1.807, 2.05) is 13.8 Å². The first-order valence-electron chi connectivity index (χ1n) is 13.8. The molecule has 3 rings (SSSR count). The van der Waals surface area contributed by atoms with Gasteiger partial charge in [0.05, 0.1) is 24.8 Å². The van der Waals surface area contributed by atoms with E-state index in [9.17, 15) is 18.0 Å². The highest BCUT2D eigenvalue weighted by Gasteiger charge is 2.34. The summed E-state index contributed by atoms with van der Waals surface area (Å²) in [5, 5.41) is 3.88. The average Bonchev–Trinajstić information content (AvgIpc) is 2.99. The number of sulfonamides is 1. The monoisotopic (exact) mass is 683 g/mol. The van der Waals surface area contributed by atoms with Gasteiger partial charge in [-0.25, -0.2) is 8.42 Å². The normalized spacial score (nSPS) is 12.0. The lowest BCUT2D eigenvalue weighted by molar-refractivity contribution is -0.140. The maximum Gasteiger partial charge on any atom is 0.264 e. The van der Waals surface area contributed by atoms with Crippen LogP contribution >= 0.6 is 34.8 Å². The molecule has 3 aromatic rings. The molecule has 3 aromatic carbocycles. The quantitative estimate of drug-likeness (QED) is 0.210. The van der Waals surface area contributed by atoms with Crippen LogP contribution in [0.4, 0.5) is 5.69 Å². The molecule has 0 radical (unpaired) electrons. The highest BCUT2D eigenvalue weighted by Crippen LogP contribution is 2.33. The van der Waals surface area contributed by atoms with Gasteiger partial charge in [0, 0.05) is 39.8 Å². The predicted molar refractivity (Wildman–Crippen MR) is 174 cm³/mol. The number of anilines is 1. The van der Waals surface area contributed by atoms with E-state index in [1.54, 1.807) is 25.1 Å². The molecule has 0 aliphatic heterocycles. The van der Waals surface area contributed by atoms with Crippen molar-refractivity contribution in [3.05, 3.63) is 81.3 Å². The maximum absolute atomic E-state index is 14.2. The standard InChI is InChI=1S/C31H36Cl3N3O6S/c1-6-27(31(39)35-17-20(2)3)36(18-24-25(33)8-7-9-26(24)34)30(38)19-37(22-12-10-21(32)11-13-22)44(40,41)23-14-15-28(42-4)29(16-23)43-5/h7-16,20,27H,6,17-19H2,1-5H3,(H,35,39). The Balaban J connectivity index is 2.12. The minimum absolute atomic E-state index is 0.129. The lowest BCUT2D eigenvalue weighted by Gasteiger charge is -2.33. The molecule has 0 aliphatic rings. The van der Waals surface area contributed by atoms with Gasteiger partial charge in [-0.15, -0.1) is 0 Å². The van der Waals surface area contributed by atoms with Crippen molar-refractivity contribution in [3.63, 3.8) is 0 Å². The zero-order valence-corrected chi connectivity index (χ0v) is 28.2. The second kappa shape index (κ2) is 15.7. The summed E-state index contributed by atoms with van der Waals surface area (Å²) in [4.78, 5) is 28.8. The van der Waals surface area contributed by atoms with E-state index in [1.165, 1.54) is 61.6 Å². The molecular formula is C31H36Cl3N3O6S. The Hall–Kier alpha value is -3.18. The number of nitrogens with zero attached hydrogens (tertiary/aromatic N) is 2. The molecule has 238 valence electrons. The number of carbonyl (C=O) groups excluding carboxylic acids is 2. The zero-order valence-electron chi connectivity index (χ0n) is 25.1. The molecule has 0 spiro atoms. The third-order valence-corrected chi connectivity index (χ3v) is 9.53. The molecule has 0 saturated heterocycles. The highest BCUT2D eigenvalue weighted by molar-refractivity contribution is 7.92. The Kier molecular flexibility index (Phi) is 12.6. The van der Waals surface area contributed by atoms with Crippen LogP contribution in [-0.4, -0.2) is 58.5 Å². The van der Waals surface area contributed by atoms with E-state index < -0.39 is 28.5 Å². The minimum atomic E-state index is -4.36. The first kappa shape index (κ1) is 35.3. The summed E-state index contributed by atoms with van der Waals surface area (Å²) in [6, 6.07) is 14.2. The van der Waals surface area contributed by atoms with Crippen LogP contribution in [0.3, 0.4) is 0 Å². The van der Waals surface area contributed by atoms with Gasteiger partial charge < -0.3 is 19.7 Å². The summed E-state index contributed by atoms with van der Waals surface area (Å²) in [5.74, 6) is -0.323. The summed E-state index contributed by atoms with van der Waals surface area (Å²) in [5.41, 5.74) is 0.616. The van der Waals surface area contributed by atoms with Crippen LogP contribution in [0.1, 0.15) is 32.8 Å². The first-order chi connectivity index (χ1) is 20.8. The van der Waals surface area contributed by atoms with Gasteiger partial charge >= 0.3 is 0 Å². The summed E-state index contributed by atoms with van der Waals surface area (Å²) in [6.45, 7) is 5.30. The van der Waals surface area contributed by atoms with Crippen LogP contribution in [0.2, 0.25) is 15.1 Å². The van der Waals surface area contributed by atoms with Crippen molar-refractivity contribution in [2.24, 2.45) is 5.92 Å². The molecule has 0 heterocycles. The Bertz CT molecular complexity index is 1550. The number of carbonyl (C=O) groups is 2. The highest BCUT2D eigenvalue weighted by atomic mass is 35.5. The van der Waals surface area contributed by atoms with Crippen LogP contribution in [0, 0.1) is 5.92 Å². The number of hydrogen-bond acceptors (Lipinski definition) is 6. The molecule has 0 fully saturated rings. The molecule has 9 nitrogen and oxygen atoms in total. The van der Waals surface area contributed by atoms with Gasteiger partial charge in [-0.2, -0.15) is 0 Å². The molecule has 13 heteroatoms. The van der Waals surface area contributed by atoms with E-state index in [-0.39, 0.29) is 41.1 Å². The van der Waals surface area contributed by atoms with Crippen molar-refractivity contribution in [1.82, 2.24) is 10.2 Å². The smallest absolute Gasteiger partial charge is 0.264 e. The van der Waals surface area contributed by atoms with Gasteiger partial charge in [-0.3, -0.25) is 13.9 Å². The van der Waals surface area contributed by atoms with Crippen molar-refractivity contribution in [1.29, 1.82) is 0 Å². The number of amides is 2. The fraction of sp³-hybridized carbons (Fsp3) is 0.355. The fourth-order valence-corrected chi connectivity index (χ4v) is 6.51. The topological polar surface area (TPSA) is 105 Å². The van der Waals surface area contributed by atoms with E-state index in [2.05, 4.69) is 5.32 Å². The lowest BCUT2D eigenvalue weighted by Crippen LogP contribution is -2.52. The number of methoxy groups -OCH3 is 2. The largest absolute Gasteiger partial charge is 0.493 e. The Morgan fingerprint density at radius 2 is 1.52 bits per heavy atom. The van der Waals surface area contributed by atoms with Crippen LogP contribution in [0.15, 0.2) is 65.6 Å². The molecule has 0 saturated carbocycles. The number of benzene rings is 3. The van der Waals surface area contributed by atoms with Crippen molar-refractivity contribution in [2.75, 3.05) is 31.6 Å². The number of rotatable bonds is 14.